The highest BCUT2D eigenvalue weighted by atomic mass is 14.7. The molecule has 1 aliphatic carbocycles. The smallest absolute Gasteiger partial charge is 0.0792 e. The third-order valence-electron chi connectivity index (χ3n) is 5.51. The topological polar surface area (TPSA) is 12.9 Å². The van der Waals surface area contributed by atoms with Crippen LogP contribution in [0.1, 0.15) is 30.9 Å². The van der Waals surface area contributed by atoms with Gasteiger partial charge in [0.2, 0.25) is 0 Å². The summed E-state index contributed by atoms with van der Waals surface area (Å²) in [6.07, 6.45) is 1.93. The Bertz CT molecular complexity index is 1160. The van der Waals surface area contributed by atoms with Crippen LogP contribution in [0.25, 0.3) is 44.3 Å². The van der Waals surface area contributed by atoms with Crippen LogP contribution in [-0.2, 0) is 0 Å². The first-order chi connectivity index (χ1) is 12.6. The molecular weight excluding hydrogens is 314 g/mol. The lowest BCUT2D eigenvalue weighted by Crippen LogP contribution is -1.93. The highest BCUT2D eigenvalue weighted by Crippen LogP contribution is 2.47. The van der Waals surface area contributed by atoms with Crippen LogP contribution in [0.3, 0.4) is 0 Å². The molecule has 3 aromatic carbocycles. The van der Waals surface area contributed by atoms with E-state index in [4.69, 9.17) is 4.98 Å². The zero-order chi connectivity index (χ0) is 17.8. The molecule has 0 spiro atoms. The number of nitrogens with zero attached hydrogens (tertiary/aromatic N) is 1. The predicted molar refractivity (Wildman–Crippen MR) is 110 cm³/mol. The van der Waals surface area contributed by atoms with E-state index in [0.717, 1.165) is 5.69 Å². The second kappa shape index (κ2) is 5.54. The second-order valence-corrected chi connectivity index (χ2v) is 7.57. The molecule has 0 radical (unpaired) electrons. The molecule has 0 unspecified atom stereocenters. The van der Waals surface area contributed by atoms with Crippen molar-refractivity contribution in [3.8, 4) is 33.5 Å². The Morgan fingerprint density at radius 2 is 1.54 bits per heavy atom. The molecule has 1 heterocycles. The molecule has 26 heavy (non-hydrogen) atoms. The molecule has 5 rings (SSSR count). The molecule has 126 valence electrons. The maximum atomic E-state index is 4.82. The fraction of sp³-hybridized carbons (Fsp3) is 0.160. The SMILES string of the molecule is Cc1ccc2c(c1)-c1cc(C(C)C)ccc1-c1nccc3cccc-2c13. The van der Waals surface area contributed by atoms with Gasteiger partial charge < -0.3 is 0 Å². The molecule has 0 saturated carbocycles. The van der Waals surface area contributed by atoms with Crippen LogP contribution >= 0.6 is 0 Å². The third kappa shape index (κ3) is 2.13. The van der Waals surface area contributed by atoms with Crippen LogP contribution in [0.15, 0.2) is 66.9 Å². The molecule has 0 bridgehead atoms. The Morgan fingerprint density at radius 1 is 0.731 bits per heavy atom. The predicted octanol–water partition coefficient (Wildman–Crippen LogP) is 6.98. The first kappa shape index (κ1) is 15.3. The summed E-state index contributed by atoms with van der Waals surface area (Å²) in [6, 6.07) is 22.4. The number of benzene rings is 3. The van der Waals surface area contributed by atoms with Gasteiger partial charge in [-0.05, 0) is 52.1 Å². The van der Waals surface area contributed by atoms with Gasteiger partial charge in [0, 0.05) is 17.1 Å². The first-order valence-electron chi connectivity index (χ1n) is 9.27. The minimum Gasteiger partial charge on any atom is -0.256 e. The zero-order valence-corrected chi connectivity index (χ0v) is 15.4. The summed E-state index contributed by atoms with van der Waals surface area (Å²) in [6.45, 7) is 6.68. The maximum Gasteiger partial charge on any atom is 0.0792 e. The molecule has 1 aliphatic rings. The second-order valence-electron chi connectivity index (χ2n) is 7.57. The lowest BCUT2D eigenvalue weighted by atomic mass is 9.90. The normalized spacial score (nSPS) is 12.0. The number of hydrogen-bond donors (Lipinski definition) is 0. The van der Waals surface area contributed by atoms with Gasteiger partial charge >= 0.3 is 0 Å². The largest absolute Gasteiger partial charge is 0.256 e. The van der Waals surface area contributed by atoms with Crippen LogP contribution in [-0.4, -0.2) is 4.98 Å². The summed E-state index contributed by atoms with van der Waals surface area (Å²) in [5, 5.41) is 2.51. The van der Waals surface area contributed by atoms with Crippen LogP contribution in [0, 0.1) is 6.92 Å². The number of fused-ring (bicyclic) bond motifs is 5. The zero-order valence-electron chi connectivity index (χ0n) is 15.4. The summed E-state index contributed by atoms with van der Waals surface area (Å²) in [5.74, 6) is 0.503. The molecule has 0 fully saturated rings. The Kier molecular flexibility index (Phi) is 3.27. The quantitative estimate of drug-likeness (QED) is 0.322. The standard InChI is InChI=1S/C25H21N/c1-15(2)18-8-10-21-23(14-18)22-13-16(3)7-9-19(22)20-6-4-5-17-11-12-26-25(21)24(17)20/h4-15H,1-3H3. The van der Waals surface area contributed by atoms with Gasteiger partial charge in [0.1, 0.15) is 0 Å². The van der Waals surface area contributed by atoms with Crippen molar-refractivity contribution in [3.05, 3.63) is 78.0 Å². The molecule has 1 aromatic heterocycles. The molecule has 0 amide bonds. The van der Waals surface area contributed by atoms with Gasteiger partial charge in [0.25, 0.3) is 0 Å². The summed E-state index contributed by atoms with van der Waals surface area (Å²) in [5.41, 5.74) is 10.2. The van der Waals surface area contributed by atoms with E-state index in [1.165, 1.54) is 49.7 Å². The van der Waals surface area contributed by atoms with Crippen molar-refractivity contribution in [1.29, 1.82) is 0 Å². The fourth-order valence-corrected chi connectivity index (χ4v) is 4.12. The van der Waals surface area contributed by atoms with Crippen molar-refractivity contribution in [1.82, 2.24) is 4.98 Å². The Labute approximate surface area is 154 Å². The van der Waals surface area contributed by atoms with Crippen LogP contribution < -0.4 is 0 Å². The van der Waals surface area contributed by atoms with E-state index in [1.807, 2.05) is 6.20 Å². The van der Waals surface area contributed by atoms with Crippen molar-refractivity contribution in [2.24, 2.45) is 0 Å². The monoisotopic (exact) mass is 335 g/mol. The van der Waals surface area contributed by atoms with Gasteiger partial charge in [-0.1, -0.05) is 74.0 Å². The summed E-state index contributed by atoms with van der Waals surface area (Å²) >= 11 is 0. The van der Waals surface area contributed by atoms with Gasteiger partial charge in [0.15, 0.2) is 0 Å². The van der Waals surface area contributed by atoms with Crippen LogP contribution in [0.5, 0.6) is 0 Å². The summed E-state index contributed by atoms with van der Waals surface area (Å²) in [4.78, 5) is 4.82. The Morgan fingerprint density at radius 3 is 2.38 bits per heavy atom. The van der Waals surface area contributed by atoms with Gasteiger partial charge in [-0.25, -0.2) is 0 Å². The molecule has 0 saturated heterocycles. The highest BCUT2D eigenvalue weighted by Gasteiger charge is 2.22. The number of aromatic nitrogens is 1. The van der Waals surface area contributed by atoms with Gasteiger partial charge in [-0.2, -0.15) is 0 Å². The molecule has 0 N–H and O–H groups in total. The number of hydrogen-bond acceptors (Lipinski definition) is 1. The van der Waals surface area contributed by atoms with Crippen LogP contribution in [0.2, 0.25) is 0 Å². The van der Waals surface area contributed by atoms with Crippen molar-refractivity contribution in [2.45, 2.75) is 26.7 Å². The molecule has 1 heteroatoms. The Balaban J connectivity index is 2.01. The van der Waals surface area contributed by atoms with E-state index in [0.29, 0.717) is 5.92 Å². The van der Waals surface area contributed by atoms with Crippen molar-refractivity contribution >= 4 is 10.8 Å². The van der Waals surface area contributed by atoms with Gasteiger partial charge in [0.05, 0.1) is 5.69 Å². The van der Waals surface area contributed by atoms with E-state index in [1.54, 1.807) is 0 Å². The molecular formula is C25H21N. The number of aryl methyl sites for hydroxylation is 1. The van der Waals surface area contributed by atoms with Crippen LogP contribution in [0.4, 0.5) is 0 Å². The van der Waals surface area contributed by atoms with Crippen molar-refractivity contribution in [2.75, 3.05) is 0 Å². The Hall–Kier alpha value is -2.93. The van der Waals surface area contributed by atoms with E-state index in [9.17, 15) is 0 Å². The molecule has 0 atom stereocenters. The van der Waals surface area contributed by atoms with Crippen molar-refractivity contribution in [3.63, 3.8) is 0 Å². The maximum absolute atomic E-state index is 4.82. The van der Waals surface area contributed by atoms with E-state index < -0.39 is 0 Å². The average Bonchev–Trinajstić information content (AvgIpc) is 2.77. The molecule has 1 nitrogen and oxygen atoms in total. The van der Waals surface area contributed by atoms with Gasteiger partial charge in [-0.3, -0.25) is 4.98 Å². The lowest BCUT2D eigenvalue weighted by molar-refractivity contribution is 0.867. The first-order valence-corrected chi connectivity index (χ1v) is 9.27. The lowest BCUT2D eigenvalue weighted by Gasteiger charge is -2.14. The molecule has 4 aromatic rings. The van der Waals surface area contributed by atoms with E-state index in [2.05, 4.69) is 81.4 Å². The van der Waals surface area contributed by atoms with E-state index in [-0.39, 0.29) is 0 Å². The minimum atomic E-state index is 0.503. The summed E-state index contributed by atoms with van der Waals surface area (Å²) in [7, 11) is 0. The number of rotatable bonds is 1. The average molecular weight is 335 g/mol. The summed E-state index contributed by atoms with van der Waals surface area (Å²) < 4.78 is 0. The highest BCUT2D eigenvalue weighted by molar-refractivity contribution is 6.12. The number of pyridine rings is 1. The van der Waals surface area contributed by atoms with Gasteiger partial charge in [-0.15, -0.1) is 0 Å². The molecule has 0 aliphatic heterocycles. The van der Waals surface area contributed by atoms with E-state index >= 15 is 0 Å². The van der Waals surface area contributed by atoms with Crippen molar-refractivity contribution < 1.29 is 0 Å². The third-order valence-corrected chi connectivity index (χ3v) is 5.51. The minimum absolute atomic E-state index is 0.503. The fourth-order valence-electron chi connectivity index (χ4n) is 4.12.